The topological polar surface area (TPSA) is 76.0 Å². The van der Waals surface area contributed by atoms with Crippen LogP contribution in [0.2, 0.25) is 0 Å². The van der Waals surface area contributed by atoms with E-state index in [1.165, 1.54) is 6.20 Å². The lowest BCUT2D eigenvalue weighted by molar-refractivity contribution is 0.527. The third-order valence-electron chi connectivity index (χ3n) is 3.23. The highest BCUT2D eigenvalue weighted by Crippen LogP contribution is 2.08. The van der Waals surface area contributed by atoms with E-state index >= 15 is 0 Å². The van der Waals surface area contributed by atoms with Gasteiger partial charge in [0.05, 0.1) is 6.20 Å². The van der Waals surface area contributed by atoms with E-state index in [1.807, 2.05) is 13.8 Å². The smallest absolute Gasteiger partial charge is 0.243 e. The first-order chi connectivity index (χ1) is 9.49. The van der Waals surface area contributed by atoms with Gasteiger partial charge in [0, 0.05) is 19.3 Å². The van der Waals surface area contributed by atoms with Crippen molar-refractivity contribution in [3.8, 4) is 0 Å². The molecule has 1 aromatic heterocycles. The number of aryl methyl sites for hydroxylation is 1. The third-order valence-corrected chi connectivity index (χ3v) is 4.61. The molecule has 0 aliphatic heterocycles. The molecule has 0 aliphatic carbocycles. The summed E-state index contributed by atoms with van der Waals surface area (Å²) in [5.74, 6) is 0.333. The highest BCUT2D eigenvalue weighted by Gasteiger charge is 2.16. The van der Waals surface area contributed by atoms with Crippen LogP contribution in [0.5, 0.6) is 0 Å². The molecule has 0 aliphatic rings. The zero-order chi connectivity index (χ0) is 15.0. The Balaban J connectivity index is 2.52. The van der Waals surface area contributed by atoms with Gasteiger partial charge in [0.25, 0.3) is 0 Å². The Morgan fingerprint density at radius 1 is 1.40 bits per heavy atom. The molecule has 0 amide bonds. The molecule has 1 unspecified atom stereocenters. The number of aromatic nitrogens is 2. The zero-order valence-corrected chi connectivity index (χ0v) is 13.4. The summed E-state index contributed by atoms with van der Waals surface area (Å²) in [4.78, 5) is 0.240. The molecule has 0 aromatic carbocycles. The monoisotopic (exact) mass is 302 g/mol. The fourth-order valence-corrected chi connectivity index (χ4v) is 2.75. The number of hydrogen-bond donors (Lipinski definition) is 2. The molecule has 7 heteroatoms. The van der Waals surface area contributed by atoms with Gasteiger partial charge in [0.15, 0.2) is 0 Å². The maximum Gasteiger partial charge on any atom is 0.243 e. The van der Waals surface area contributed by atoms with Gasteiger partial charge in [0.1, 0.15) is 4.90 Å². The first-order valence-corrected chi connectivity index (χ1v) is 8.70. The Bertz CT molecular complexity index is 484. The van der Waals surface area contributed by atoms with Crippen LogP contribution in [0.3, 0.4) is 0 Å². The molecule has 0 fully saturated rings. The van der Waals surface area contributed by atoms with Crippen LogP contribution in [0.25, 0.3) is 0 Å². The van der Waals surface area contributed by atoms with Gasteiger partial charge in [-0.15, -0.1) is 0 Å². The van der Waals surface area contributed by atoms with E-state index in [9.17, 15) is 8.42 Å². The second-order valence-electron chi connectivity index (χ2n) is 5.01. The number of hydrogen-bond acceptors (Lipinski definition) is 4. The molecule has 0 saturated heterocycles. The van der Waals surface area contributed by atoms with Crippen molar-refractivity contribution in [1.82, 2.24) is 19.8 Å². The lowest BCUT2D eigenvalue weighted by Gasteiger charge is -2.09. The summed E-state index contributed by atoms with van der Waals surface area (Å²) in [6.07, 6.45) is 4.87. The average Bonchev–Trinajstić information content (AvgIpc) is 2.90. The summed E-state index contributed by atoms with van der Waals surface area (Å²) in [7, 11) is -3.43. The molecule has 1 heterocycles. The van der Waals surface area contributed by atoms with Crippen molar-refractivity contribution < 1.29 is 8.42 Å². The Kier molecular flexibility index (Phi) is 7.18. The van der Waals surface area contributed by atoms with Crippen LogP contribution >= 0.6 is 0 Å². The molecule has 0 radical (unpaired) electrons. The third kappa shape index (κ3) is 5.60. The van der Waals surface area contributed by atoms with Crippen LogP contribution in [0.1, 0.15) is 33.6 Å². The highest BCUT2D eigenvalue weighted by molar-refractivity contribution is 7.89. The number of rotatable bonds is 10. The van der Waals surface area contributed by atoms with Crippen LogP contribution in [0.4, 0.5) is 0 Å². The Labute approximate surface area is 122 Å². The van der Waals surface area contributed by atoms with Gasteiger partial charge in [-0.2, -0.15) is 5.10 Å². The standard InChI is InChI=1S/C13H26N4O2S/c1-4-12(3)9-16-20(18,19)13-10-15-17(11-13)8-6-7-14-5-2/h10-12,14,16H,4-9H2,1-3H3. The SMILES string of the molecule is CCNCCCn1cc(S(=O)(=O)NCC(C)CC)cn1. The van der Waals surface area contributed by atoms with Crippen LogP contribution in [0.15, 0.2) is 17.3 Å². The largest absolute Gasteiger partial charge is 0.317 e. The zero-order valence-electron chi connectivity index (χ0n) is 12.6. The highest BCUT2D eigenvalue weighted by atomic mass is 32.2. The Morgan fingerprint density at radius 3 is 2.80 bits per heavy atom. The van der Waals surface area contributed by atoms with Crippen molar-refractivity contribution in [1.29, 1.82) is 0 Å². The summed E-state index contributed by atoms with van der Waals surface area (Å²) >= 11 is 0. The van der Waals surface area contributed by atoms with Crippen molar-refractivity contribution in [2.24, 2.45) is 5.92 Å². The van der Waals surface area contributed by atoms with Gasteiger partial charge in [-0.1, -0.05) is 27.2 Å². The molecular weight excluding hydrogens is 276 g/mol. The normalized spacial score (nSPS) is 13.6. The van der Waals surface area contributed by atoms with E-state index < -0.39 is 10.0 Å². The molecular formula is C13H26N4O2S. The van der Waals surface area contributed by atoms with E-state index in [1.54, 1.807) is 10.9 Å². The molecule has 1 rings (SSSR count). The van der Waals surface area contributed by atoms with E-state index in [0.29, 0.717) is 19.0 Å². The number of nitrogens with one attached hydrogen (secondary N) is 2. The molecule has 1 atom stereocenters. The van der Waals surface area contributed by atoms with Crippen molar-refractivity contribution in [3.05, 3.63) is 12.4 Å². The summed E-state index contributed by atoms with van der Waals surface area (Å²) < 4.78 is 28.4. The number of sulfonamides is 1. The number of nitrogens with zero attached hydrogens (tertiary/aromatic N) is 2. The molecule has 0 saturated carbocycles. The Morgan fingerprint density at radius 2 is 2.15 bits per heavy atom. The molecule has 0 bridgehead atoms. The van der Waals surface area contributed by atoms with Gasteiger partial charge < -0.3 is 5.32 Å². The van der Waals surface area contributed by atoms with Crippen molar-refractivity contribution >= 4 is 10.0 Å². The summed E-state index contributed by atoms with van der Waals surface area (Å²) in [6.45, 7) is 9.15. The fourth-order valence-electron chi connectivity index (χ4n) is 1.63. The average molecular weight is 302 g/mol. The van der Waals surface area contributed by atoms with E-state index in [0.717, 1.165) is 25.9 Å². The summed E-state index contributed by atoms with van der Waals surface area (Å²) in [5.41, 5.74) is 0. The minimum atomic E-state index is -3.43. The molecule has 1 aromatic rings. The first kappa shape index (κ1) is 17.1. The Hall–Kier alpha value is -0.920. The minimum Gasteiger partial charge on any atom is -0.317 e. The molecule has 0 spiro atoms. The van der Waals surface area contributed by atoms with Crippen LogP contribution in [-0.2, 0) is 16.6 Å². The molecule has 20 heavy (non-hydrogen) atoms. The van der Waals surface area contributed by atoms with Crippen LogP contribution in [0, 0.1) is 5.92 Å². The van der Waals surface area contributed by atoms with Gasteiger partial charge in [-0.25, -0.2) is 13.1 Å². The van der Waals surface area contributed by atoms with Gasteiger partial charge in [-0.3, -0.25) is 4.68 Å². The molecule has 6 nitrogen and oxygen atoms in total. The van der Waals surface area contributed by atoms with Gasteiger partial charge in [0.2, 0.25) is 10.0 Å². The predicted octanol–water partition coefficient (Wildman–Crippen LogP) is 1.21. The maximum atomic E-state index is 12.1. The van der Waals surface area contributed by atoms with E-state index in [-0.39, 0.29) is 4.90 Å². The maximum absolute atomic E-state index is 12.1. The van der Waals surface area contributed by atoms with Crippen molar-refractivity contribution in [3.63, 3.8) is 0 Å². The van der Waals surface area contributed by atoms with E-state index in [4.69, 9.17) is 0 Å². The lowest BCUT2D eigenvalue weighted by Crippen LogP contribution is -2.28. The van der Waals surface area contributed by atoms with Crippen LogP contribution < -0.4 is 10.0 Å². The van der Waals surface area contributed by atoms with Crippen LogP contribution in [-0.4, -0.2) is 37.8 Å². The molecule has 116 valence electrons. The lowest BCUT2D eigenvalue weighted by atomic mass is 10.1. The second-order valence-corrected chi connectivity index (χ2v) is 6.78. The van der Waals surface area contributed by atoms with Crippen molar-refractivity contribution in [2.75, 3.05) is 19.6 Å². The predicted molar refractivity (Wildman–Crippen MR) is 80.0 cm³/mol. The quantitative estimate of drug-likeness (QED) is 0.637. The van der Waals surface area contributed by atoms with Crippen molar-refractivity contribution in [2.45, 2.75) is 45.1 Å². The second kappa shape index (κ2) is 8.39. The summed E-state index contributed by atoms with van der Waals surface area (Å²) in [5, 5.41) is 7.32. The minimum absolute atomic E-state index is 0.240. The fraction of sp³-hybridized carbons (Fsp3) is 0.769. The molecule has 2 N–H and O–H groups in total. The van der Waals surface area contributed by atoms with E-state index in [2.05, 4.69) is 22.1 Å². The summed E-state index contributed by atoms with van der Waals surface area (Å²) in [6, 6.07) is 0. The van der Waals surface area contributed by atoms with Gasteiger partial charge >= 0.3 is 0 Å². The first-order valence-electron chi connectivity index (χ1n) is 7.22. The van der Waals surface area contributed by atoms with Gasteiger partial charge in [-0.05, 0) is 25.4 Å².